The molecule has 0 fully saturated rings. The van der Waals surface area contributed by atoms with Gasteiger partial charge in [-0.25, -0.2) is 0 Å². The third-order valence-corrected chi connectivity index (χ3v) is 8.14. The highest BCUT2D eigenvalue weighted by molar-refractivity contribution is 6.13. The Balaban J connectivity index is 1.41. The maximum absolute atomic E-state index is 6.53. The zero-order valence-corrected chi connectivity index (χ0v) is 22.9. The fourth-order valence-corrected chi connectivity index (χ4v) is 6.24. The van der Waals surface area contributed by atoms with E-state index in [9.17, 15) is 0 Å². The third kappa shape index (κ3) is 3.65. The number of aromatic nitrogens is 2. The molecule has 9 rings (SSSR count). The van der Waals surface area contributed by atoms with Gasteiger partial charge in [0.05, 0.1) is 11.4 Å². The molecular formula is C38H23N3O2. The SMILES string of the molecule is c1ccc(-c2cc(N(c3cccc4c3oc3cccnc34)c3ccnc4c3oc3ccccc34)cc3ccccc23)cc1. The molecule has 0 aliphatic rings. The minimum Gasteiger partial charge on any atom is -0.452 e. The van der Waals surface area contributed by atoms with Gasteiger partial charge in [0.15, 0.2) is 16.7 Å². The van der Waals surface area contributed by atoms with E-state index in [4.69, 9.17) is 13.8 Å². The van der Waals surface area contributed by atoms with Crippen LogP contribution in [-0.2, 0) is 0 Å². The van der Waals surface area contributed by atoms with Gasteiger partial charge in [0.1, 0.15) is 16.6 Å². The van der Waals surface area contributed by atoms with Crippen LogP contribution in [-0.4, -0.2) is 9.97 Å². The van der Waals surface area contributed by atoms with E-state index < -0.39 is 0 Å². The lowest BCUT2D eigenvalue weighted by molar-refractivity contribution is 0.665. The molecule has 0 unspecified atom stereocenters. The van der Waals surface area contributed by atoms with E-state index in [1.54, 1.807) is 6.20 Å². The average molecular weight is 554 g/mol. The van der Waals surface area contributed by atoms with Crippen molar-refractivity contribution in [1.82, 2.24) is 9.97 Å². The molecule has 9 aromatic rings. The van der Waals surface area contributed by atoms with Gasteiger partial charge in [-0.05, 0) is 76.5 Å². The number of hydrogen-bond acceptors (Lipinski definition) is 5. The number of rotatable bonds is 4. The first kappa shape index (κ1) is 23.7. The zero-order chi connectivity index (χ0) is 28.3. The van der Waals surface area contributed by atoms with E-state index in [0.717, 1.165) is 72.1 Å². The molecule has 4 aromatic heterocycles. The second-order valence-electron chi connectivity index (χ2n) is 10.6. The van der Waals surface area contributed by atoms with Crippen LogP contribution in [0.1, 0.15) is 0 Å². The molecule has 43 heavy (non-hydrogen) atoms. The van der Waals surface area contributed by atoms with E-state index in [1.165, 1.54) is 5.39 Å². The lowest BCUT2D eigenvalue weighted by Crippen LogP contribution is -2.11. The quantitative estimate of drug-likeness (QED) is 0.217. The third-order valence-electron chi connectivity index (χ3n) is 8.14. The number of pyridine rings is 2. The number of anilines is 3. The van der Waals surface area contributed by atoms with E-state index in [0.29, 0.717) is 5.58 Å². The van der Waals surface area contributed by atoms with Crippen LogP contribution < -0.4 is 4.90 Å². The van der Waals surface area contributed by atoms with Gasteiger partial charge in [0.25, 0.3) is 0 Å². The first-order valence-corrected chi connectivity index (χ1v) is 14.2. The molecule has 0 bridgehead atoms. The van der Waals surface area contributed by atoms with Gasteiger partial charge in [0, 0.05) is 28.9 Å². The summed E-state index contributed by atoms with van der Waals surface area (Å²) in [5.74, 6) is 0. The minimum atomic E-state index is 0.712. The Kier molecular flexibility index (Phi) is 5.13. The highest BCUT2D eigenvalue weighted by Crippen LogP contribution is 2.46. The van der Waals surface area contributed by atoms with Crippen molar-refractivity contribution in [2.24, 2.45) is 0 Å². The van der Waals surface area contributed by atoms with Crippen LogP contribution >= 0.6 is 0 Å². The maximum atomic E-state index is 6.53. The van der Waals surface area contributed by atoms with Crippen molar-refractivity contribution < 1.29 is 8.83 Å². The topological polar surface area (TPSA) is 55.3 Å². The zero-order valence-electron chi connectivity index (χ0n) is 22.9. The first-order valence-electron chi connectivity index (χ1n) is 14.2. The van der Waals surface area contributed by atoms with Crippen molar-refractivity contribution >= 4 is 72.0 Å². The van der Waals surface area contributed by atoms with Crippen LogP contribution in [0.2, 0.25) is 0 Å². The first-order chi connectivity index (χ1) is 21.3. The summed E-state index contributed by atoms with van der Waals surface area (Å²) < 4.78 is 13.1. The molecule has 5 aromatic carbocycles. The molecule has 0 spiro atoms. The van der Waals surface area contributed by atoms with Crippen LogP contribution in [0.4, 0.5) is 17.1 Å². The monoisotopic (exact) mass is 553 g/mol. The molecule has 5 nitrogen and oxygen atoms in total. The van der Waals surface area contributed by atoms with Crippen molar-refractivity contribution in [3.63, 3.8) is 0 Å². The van der Waals surface area contributed by atoms with Gasteiger partial charge in [-0.2, -0.15) is 0 Å². The van der Waals surface area contributed by atoms with Crippen molar-refractivity contribution in [3.8, 4) is 11.1 Å². The number of para-hydroxylation sites is 2. The van der Waals surface area contributed by atoms with Crippen LogP contribution in [0.25, 0.3) is 66.0 Å². The van der Waals surface area contributed by atoms with Crippen molar-refractivity contribution in [2.75, 3.05) is 4.90 Å². The molecule has 0 amide bonds. The molecule has 0 radical (unpaired) electrons. The molecular weight excluding hydrogens is 530 g/mol. The van der Waals surface area contributed by atoms with Gasteiger partial charge < -0.3 is 13.7 Å². The Morgan fingerprint density at radius 3 is 2.14 bits per heavy atom. The average Bonchev–Trinajstić information content (AvgIpc) is 3.65. The Morgan fingerprint density at radius 1 is 0.488 bits per heavy atom. The lowest BCUT2D eigenvalue weighted by atomic mass is 9.96. The summed E-state index contributed by atoms with van der Waals surface area (Å²) >= 11 is 0. The van der Waals surface area contributed by atoms with E-state index >= 15 is 0 Å². The Bertz CT molecular complexity index is 2360. The van der Waals surface area contributed by atoms with Gasteiger partial charge in [-0.1, -0.05) is 72.8 Å². The molecule has 0 saturated heterocycles. The predicted molar refractivity (Wildman–Crippen MR) is 174 cm³/mol. The standard InChI is InChI=1S/C38H23N3O2/c1-2-10-24(11-3-1)30-23-26(22-25-12-4-5-13-27(25)30)41(31-16-8-15-29-35-34(43-37(29)31)18-9-20-39-35)32-19-21-40-36-28-14-6-7-17-33(28)42-38(32)36/h1-23H. The van der Waals surface area contributed by atoms with Crippen molar-refractivity contribution in [1.29, 1.82) is 0 Å². The van der Waals surface area contributed by atoms with Gasteiger partial charge in [-0.3, -0.25) is 9.97 Å². The number of benzene rings is 5. The molecule has 0 N–H and O–H groups in total. The molecule has 5 heteroatoms. The highest BCUT2D eigenvalue weighted by atomic mass is 16.3. The lowest BCUT2D eigenvalue weighted by Gasteiger charge is -2.26. The number of nitrogens with zero attached hydrogens (tertiary/aromatic N) is 3. The molecule has 0 aliphatic heterocycles. The number of hydrogen-bond donors (Lipinski definition) is 0. The maximum Gasteiger partial charge on any atom is 0.177 e. The Labute approximate surface area is 246 Å². The van der Waals surface area contributed by atoms with Crippen LogP contribution in [0.5, 0.6) is 0 Å². The smallest absolute Gasteiger partial charge is 0.177 e. The van der Waals surface area contributed by atoms with E-state index in [1.807, 2.05) is 48.7 Å². The molecule has 0 aliphatic carbocycles. The molecule has 4 heterocycles. The second kappa shape index (κ2) is 9.29. The normalized spacial score (nSPS) is 11.7. The van der Waals surface area contributed by atoms with Gasteiger partial charge >= 0.3 is 0 Å². The summed E-state index contributed by atoms with van der Waals surface area (Å²) in [5.41, 5.74) is 9.70. The summed E-state index contributed by atoms with van der Waals surface area (Å²) in [6.45, 7) is 0. The summed E-state index contributed by atoms with van der Waals surface area (Å²) in [5, 5.41) is 4.26. The molecule has 202 valence electrons. The van der Waals surface area contributed by atoms with Gasteiger partial charge in [0.2, 0.25) is 0 Å². The minimum absolute atomic E-state index is 0.712. The summed E-state index contributed by atoms with van der Waals surface area (Å²) in [6.07, 6.45) is 3.66. The van der Waals surface area contributed by atoms with E-state index in [-0.39, 0.29) is 0 Å². The van der Waals surface area contributed by atoms with Crippen molar-refractivity contribution in [3.05, 3.63) is 140 Å². The van der Waals surface area contributed by atoms with Crippen LogP contribution in [0.3, 0.4) is 0 Å². The van der Waals surface area contributed by atoms with Crippen LogP contribution in [0.15, 0.2) is 149 Å². The van der Waals surface area contributed by atoms with Crippen molar-refractivity contribution in [2.45, 2.75) is 0 Å². The predicted octanol–water partition coefficient (Wildman–Crippen LogP) is 10.6. The molecule has 0 atom stereocenters. The van der Waals surface area contributed by atoms with Gasteiger partial charge in [-0.15, -0.1) is 0 Å². The summed E-state index contributed by atoms with van der Waals surface area (Å²) in [7, 11) is 0. The van der Waals surface area contributed by atoms with Crippen LogP contribution in [0, 0.1) is 0 Å². The fraction of sp³-hybridized carbons (Fsp3) is 0. The van der Waals surface area contributed by atoms with E-state index in [2.05, 4.69) is 94.8 Å². The number of furan rings is 2. The largest absolute Gasteiger partial charge is 0.452 e. The second-order valence-corrected chi connectivity index (χ2v) is 10.6. The fourth-order valence-electron chi connectivity index (χ4n) is 6.24. The Morgan fingerprint density at radius 2 is 1.21 bits per heavy atom. The number of fused-ring (bicyclic) bond motifs is 7. The Hall–Kier alpha value is -5.94. The summed E-state index contributed by atoms with van der Waals surface area (Å²) in [4.78, 5) is 11.6. The summed E-state index contributed by atoms with van der Waals surface area (Å²) in [6, 6.07) is 43.7. The molecule has 0 saturated carbocycles. The highest BCUT2D eigenvalue weighted by Gasteiger charge is 2.24.